The van der Waals surface area contributed by atoms with Crippen LogP contribution in [0.3, 0.4) is 0 Å². The molecule has 2 aromatic rings. The Kier molecular flexibility index (Phi) is 5.42. The van der Waals surface area contributed by atoms with Gasteiger partial charge in [0.1, 0.15) is 0 Å². The van der Waals surface area contributed by atoms with Gasteiger partial charge in [-0.15, -0.1) is 0 Å². The summed E-state index contributed by atoms with van der Waals surface area (Å²) in [5.74, 6) is 0.198. The number of aryl methyl sites for hydroxylation is 1. The Hall–Kier alpha value is -2.29. The molecule has 1 N–H and O–H groups in total. The molecule has 3 nitrogen and oxygen atoms in total. The van der Waals surface area contributed by atoms with E-state index in [1.165, 1.54) is 16.8 Å². The molecule has 0 aromatic heterocycles. The van der Waals surface area contributed by atoms with E-state index in [0.717, 1.165) is 38.8 Å². The highest BCUT2D eigenvalue weighted by Crippen LogP contribution is 2.35. The molecule has 0 aliphatic heterocycles. The summed E-state index contributed by atoms with van der Waals surface area (Å²) < 4.78 is 0. The Balaban J connectivity index is 1.47. The second-order valence-corrected chi connectivity index (χ2v) is 7.37. The fourth-order valence-corrected chi connectivity index (χ4v) is 3.63. The third-order valence-corrected chi connectivity index (χ3v) is 5.35. The van der Waals surface area contributed by atoms with Crippen LogP contribution >= 0.6 is 0 Å². The summed E-state index contributed by atoms with van der Waals surface area (Å²) in [7, 11) is 2.09. The van der Waals surface area contributed by atoms with Crippen LogP contribution in [-0.2, 0) is 17.6 Å². The third kappa shape index (κ3) is 4.22. The molecule has 0 heterocycles. The number of anilines is 1. The van der Waals surface area contributed by atoms with E-state index >= 15 is 0 Å². The first-order valence-corrected chi connectivity index (χ1v) is 9.20. The van der Waals surface area contributed by atoms with Crippen molar-refractivity contribution in [2.24, 2.45) is 5.41 Å². The van der Waals surface area contributed by atoms with Crippen molar-refractivity contribution in [2.75, 3.05) is 25.0 Å². The first-order chi connectivity index (χ1) is 12.1. The summed E-state index contributed by atoms with van der Waals surface area (Å²) >= 11 is 0. The maximum Gasteiger partial charge on any atom is 0.226 e. The van der Waals surface area contributed by atoms with Crippen LogP contribution in [-0.4, -0.2) is 26.0 Å². The topological polar surface area (TPSA) is 32.3 Å². The second-order valence-electron chi connectivity index (χ2n) is 7.37. The van der Waals surface area contributed by atoms with Gasteiger partial charge in [-0.05, 0) is 48.9 Å². The van der Waals surface area contributed by atoms with Gasteiger partial charge in [0.05, 0.1) is 5.41 Å². The van der Waals surface area contributed by atoms with Crippen molar-refractivity contribution >= 4 is 11.6 Å². The Morgan fingerprint density at radius 3 is 2.52 bits per heavy atom. The van der Waals surface area contributed by atoms with Gasteiger partial charge in [-0.3, -0.25) is 4.79 Å². The molecule has 0 unspecified atom stereocenters. The number of para-hydroxylation sites is 1. The molecule has 2 aromatic carbocycles. The molecule has 25 heavy (non-hydrogen) atoms. The van der Waals surface area contributed by atoms with Crippen molar-refractivity contribution in [1.29, 1.82) is 0 Å². The quantitative estimate of drug-likeness (QED) is 0.813. The van der Waals surface area contributed by atoms with Crippen LogP contribution in [0.2, 0.25) is 0 Å². The number of nitrogens with one attached hydrogen (secondary N) is 1. The van der Waals surface area contributed by atoms with Gasteiger partial charge < -0.3 is 10.2 Å². The maximum atomic E-state index is 12.7. The van der Waals surface area contributed by atoms with Crippen molar-refractivity contribution in [1.82, 2.24) is 5.32 Å². The van der Waals surface area contributed by atoms with Gasteiger partial charge >= 0.3 is 0 Å². The van der Waals surface area contributed by atoms with Gasteiger partial charge in [0, 0.05) is 25.8 Å². The number of benzene rings is 2. The predicted octanol–water partition coefficient (Wildman–Crippen LogP) is 3.82. The molecule has 0 spiro atoms. The van der Waals surface area contributed by atoms with Crippen LogP contribution in [0, 0.1) is 5.41 Å². The smallest absolute Gasteiger partial charge is 0.226 e. The van der Waals surface area contributed by atoms with Gasteiger partial charge in [0.15, 0.2) is 0 Å². The zero-order chi connectivity index (χ0) is 17.7. The summed E-state index contributed by atoms with van der Waals surface area (Å²) in [5, 5.41) is 3.16. The standard InChI is InChI=1S/C22H28N2O/c1-22(14-13-18-9-6-7-10-19(18)17-22)21(25)23-15-8-16-24(2)20-11-4-3-5-12-20/h3-7,9-12H,8,13-17H2,1-2H3,(H,23,25)/t22-/m1/s1. The average Bonchev–Trinajstić information content (AvgIpc) is 2.65. The predicted molar refractivity (Wildman–Crippen MR) is 104 cm³/mol. The molecule has 0 fully saturated rings. The molecule has 3 heteroatoms. The molecule has 132 valence electrons. The molecular weight excluding hydrogens is 308 g/mol. The monoisotopic (exact) mass is 336 g/mol. The molecule has 1 amide bonds. The number of hydrogen-bond acceptors (Lipinski definition) is 2. The molecule has 1 atom stereocenters. The van der Waals surface area contributed by atoms with Gasteiger partial charge in [-0.25, -0.2) is 0 Å². The lowest BCUT2D eigenvalue weighted by Gasteiger charge is -2.33. The summed E-state index contributed by atoms with van der Waals surface area (Å²) in [4.78, 5) is 14.9. The highest BCUT2D eigenvalue weighted by molar-refractivity contribution is 5.83. The molecule has 3 rings (SSSR count). The molecule has 1 aliphatic carbocycles. The normalized spacial score (nSPS) is 19.1. The molecule has 1 aliphatic rings. The van der Waals surface area contributed by atoms with Gasteiger partial charge in [-0.2, -0.15) is 0 Å². The van der Waals surface area contributed by atoms with Crippen molar-refractivity contribution in [3.63, 3.8) is 0 Å². The number of fused-ring (bicyclic) bond motifs is 1. The van der Waals surface area contributed by atoms with Crippen molar-refractivity contribution < 1.29 is 4.79 Å². The number of hydrogen-bond donors (Lipinski definition) is 1. The van der Waals surface area contributed by atoms with Gasteiger partial charge in [0.2, 0.25) is 5.91 Å². The SMILES string of the molecule is CN(CCCNC(=O)[C@]1(C)CCc2ccccc2C1)c1ccccc1. The van der Waals surface area contributed by atoms with E-state index in [0.29, 0.717) is 0 Å². The van der Waals surface area contributed by atoms with E-state index < -0.39 is 0 Å². The zero-order valence-corrected chi connectivity index (χ0v) is 15.3. The summed E-state index contributed by atoms with van der Waals surface area (Å²) in [5.41, 5.74) is 3.66. The van der Waals surface area contributed by atoms with Crippen LogP contribution in [0.4, 0.5) is 5.69 Å². The third-order valence-electron chi connectivity index (χ3n) is 5.35. The van der Waals surface area contributed by atoms with Crippen LogP contribution in [0.25, 0.3) is 0 Å². The molecule has 0 bridgehead atoms. The Labute approximate surface area is 151 Å². The lowest BCUT2D eigenvalue weighted by molar-refractivity contribution is -0.130. The van der Waals surface area contributed by atoms with E-state index in [4.69, 9.17) is 0 Å². The average molecular weight is 336 g/mol. The minimum Gasteiger partial charge on any atom is -0.375 e. The first kappa shape index (κ1) is 17.5. The fraction of sp³-hybridized carbons (Fsp3) is 0.409. The Morgan fingerprint density at radius 1 is 1.08 bits per heavy atom. The number of amides is 1. The van der Waals surface area contributed by atoms with Crippen molar-refractivity contribution in [2.45, 2.75) is 32.6 Å². The highest BCUT2D eigenvalue weighted by atomic mass is 16.2. The number of carbonyl (C=O) groups excluding carboxylic acids is 1. The molecule has 0 saturated heterocycles. The second kappa shape index (κ2) is 7.73. The number of nitrogens with zero attached hydrogens (tertiary/aromatic N) is 1. The van der Waals surface area contributed by atoms with Crippen molar-refractivity contribution in [3.05, 3.63) is 65.7 Å². The van der Waals surface area contributed by atoms with E-state index in [1.54, 1.807) is 0 Å². The van der Waals surface area contributed by atoms with Crippen LogP contribution in [0.15, 0.2) is 54.6 Å². The molecular formula is C22H28N2O. The van der Waals surface area contributed by atoms with Crippen LogP contribution in [0.5, 0.6) is 0 Å². The Morgan fingerprint density at radius 2 is 1.76 bits per heavy atom. The van der Waals surface area contributed by atoms with Crippen LogP contribution in [0.1, 0.15) is 30.9 Å². The summed E-state index contributed by atoms with van der Waals surface area (Å²) in [6.07, 6.45) is 3.72. The van der Waals surface area contributed by atoms with E-state index in [-0.39, 0.29) is 11.3 Å². The number of carbonyl (C=O) groups is 1. The van der Waals surface area contributed by atoms with Gasteiger partial charge in [-0.1, -0.05) is 49.4 Å². The fourth-order valence-electron chi connectivity index (χ4n) is 3.63. The summed E-state index contributed by atoms with van der Waals surface area (Å²) in [6, 6.07) is 18.9. The minimum absolute atomic E-state index is 0.198. The van der Waals surface area contributed by atoms with Crippen molar-refractivity contribution in [3.8, 4) is 0 Å². The molecule has 0 saturated carbocycles. The molecule has 0 radical (unpaired) electrons. The number of rotatable bonds is 6. The lowest BCUT2D eigenvalue weighted by Crippen LogP contribution is -2.43. The zero-order valence-electron chi connectivity index (χ0n) is 15.3. The van der Waals surface area contributed by atoms with E-state index in [1.807, 2.05) is 6.07 Å². The first-order valence-electron chi connectivity index (χ1n) is 9.20. The van der Waals surface area contributed by atoms with Gasteiger partial charge in [0.25, 0.3) is 0 Å². The summed E-state index contributed by atoms with van der Waals surface area (Å²) in [6.45, 7) is 3.77. The van der Waals surface area contributed by atoms with E-state index in [9.17, 15) is 4.79 Å². The lowest BCUT2D eigenvalue weighted by atomic mass is 9.72. The largest absolute Gasteiger partial charge is 0.375 e. The highest BCUT2D eigenvalue weighted by Gasteiger charge is 2.36. The maximum absolute atomic E-state index is 12.7. The van der Waals surface area contributed by atoms with Crippen LogP contribution < -0.4 is 10.2 Å². The Bertz CT molecular complexity index is 713. The minimum atomic E-state index is -0.278. The van der Waals surface area contributed by atoms with E-state index in [2.05, 4.69) is 72.7 Å².